The number of ether oxygens (including phenoxy) is 2. The lowest BCUT2D eigenvalue weighted by Gasteiger charge is -2.07. The van der Waals surface area contributed by atoms with E-state index in [1.165, 1.54) is 0 Å². The number of amides is 1. The van der Waals surface area contributed by atoms with Gasteiger partial charge in [0.1, 0.15) is 18.1 Å². The van der Waals surface area contributed by atoms with Gasteiger partial charge in [-0.2, -0.15) is 5.10 Å². The highest BCUT2D eigenvalue weighted by Crippen LogP contribution is 2.16. The third kappa shape index (κ3) is 6.47. The standard InChI is InChI=1S/C23H21BrN2O3/c1-2-28-21-11-5-17(6-12-21)15-25-26-23(27)19-7-13-22(14-8-19)29-16-18-3-9-20(24)10-4-18/h3-15H,2,16H2,1H3,(H,26,27). The summed E-state index contributed by atoms with van der Waals surface area (Å²) in [4.78, 5) is 12.2. The maximum absolute atomic E-state index is 12.2. The molecule has 3 aromatic carbocycles. The van der Waals surface area contributed by atoms with Crippen LogP contribution in [0.5, 0.6) is 11.5 Å². The van der Waals surface area contributed by atoms with Gasteiger partial charge in [-0.3, -0.25) is 4.79 Å². The molecule has 0 aliphatic heterocycles. The third-order valence-electron chi connectivity index (χ3n) is 4.01. The zero-order valence-electron chi connectivity index (χ0n) is 16.0. The van der Waals surface area contributed by atoms with Gasteiger partial charge in [-0.05, 0) is 78.7 Å². The first-order chi connectivity index (χ1) is 14.1. The van der Waals surface area contributed by atoms with Crippen LogP contribution >= 0.6 is 15.9 Å². The fourth-order valence-corrected chi connectivity index (χ4v) is 2.76. The topological polar surface area (TPSA) is 59.9 Å². The van der Waals surface area contributed by atoms with Crippen molar-refractivity contribution in [2.45, 2.75) is 13.5 Å². The molecule has 0 bridgehead atoms. The average molecular weight is 453 g/mol. The van der Waals surface area contributed by atoms with Gasteiger partial charge in [0.05, 0.1) is 12.8 Å². The quantitative estimate of drug-likeness (QED) is 0.377. The molecule has 0 radical (unpaired) electrons. The van der Waals surface area contributed by atoms with Crippen LogP contribution in [0.25, 0.3) is 0 Å². The van der Waals surface area contributed by atoms with Crippen molar-refractivity contribution in [1.29, 1.82) is 0 Å². The summed E-state index contributed by atoms with van der Waals surface area (Å²) >= 11 is 3.41. The van der Waals surface area contributed by atoms with E-state index in [0.717, 1.165) is 21.3 Å². The molecule has 3 rings (SSSR count). The van der Waals surface area contributed by atoms with Crippen molar-refractivity contribution < 1.29 is 14.3 Å². The number of benzene rings is 3. The SMILES string of the molecule is CCOc1ccc(C=NNC(=O)c2ccc(OCc3ccc(Br)cc3)cc2)cc1. The molecule has 5 nitrogen and oxygen atoms in total. The normalized spacial score (nSPS) is 10.7. The highest BCUT2D eigenvalue weighted by atomic mass is 79.9. The number of hydrogen-bond donors (Lipinski definition) is 1. The van der Waals surface area contributed by atoms with E-state index < -0.39 is 0 Å². The molecule has 148 valence electrons. The Morgan fingerprint density at radius 3 is 2.21 bits per heavy atom. The molecule has 0 saturated heterocycles. The van der Waals surface area contributed by atoms with Gasteiger partial charge in [0.15, 0.2) is 0 Å². The van der Waals surface area contributed by atoms with Crippen molar-refractivity contribution in [2.24, 2.45) is 5.10 Å². The second-order valence-electron chi connectivity index (χ2n) is 6.14. The minimum absolute atomic E-state index is 0.286. The van der Waals surface area contributed by atoms with Gasteiger partial charge in [0.25, 0.3) is 5.91 Å². The highest BCUT2D eigenvalue weighted by molar-refractivity contribution is 9.10. The summed E-state index contributed by atoms with van der Waals surface area (Å²) in [5.41, 5.74) is 4.96. The second-order valence-corrected chi connectivity index (χ2v) is 7.06. The van der Waals surface area contributed by atoms with Gasteiger partial charge in [0, 0.05) is 10.0 Å². The molecular weight excluding hydrogens is 432 g/mol. The Kier molecular flexibility index (Phi) is 7.41. The second kappa shape index (κ2) is 10.4. The Morgan fingerprint density at radius 2 is 1.55 bits per heavy atom. The minimum Gasteiger partial charge on any atom is -0.494 e. The molecule has 0 atom stereocenters. The molecule has 0 unspecified atom stereocenters. The number of nitrogens with one attached hydrogen (secondary N) is 1. The van der Waals surface area contributed by atoms with E-state index in [-0.39, 0.29) is 5.91 Å². The van der Waals surface area contributed by atoms with E-state index in [1.807, 2.05) is 55.5 Å². The Balaban J connectivity index is 1.49. The van der Waals surface area contributed by atoms with Crippen LogP contribution in [-0.4, -0.2) is 18.7 Å². The van der Waals surface area contributed by atoms with Crippen molar-refractivity contribution in [2.75, 3.05) is 6.61 Å². The molecule has 0 fully saturated rings. The van der Waals surface area contributed by atoms with Crippen LogP contribution in [0.15, 0.2) is 82.4 Å². The molecule has 3 aromatic rings. The number of hydrogen-bond acceptors (Lipinski definition) is 4. The smallest absolute Gasteiger partial charge is 0.271 e. The van der Waals surface area contributed by atoms with Crippen LogP contribution in [-0.2, 0) is 6.61 Å². The number of nitrogens with zero attached hydrogens (tertiary/aromatic N) is 1. The third-order valence-corrected chi connectivity index (χ3v) is 4.53. The van der Waals surface area contributed by atoms with Crippen LogP contribution < -0.4 is 14.9 Å². The Morgan fingerprint density at radius 1 is 0.931 bits per heavy atom. The summed E-state index contributed by atoms with van der Waals surface area (Å²) < 4.78 is 12.2. The molecule has 0 aliphatic rings. The van der Waals surface area contributed by atoms with Crippen LogP contribution in [0.2, 0.25) is 0 Å². The van der Waals surface area contributed by atoms with E-state index in [2.05, 4.69) is 26.5 Å². The number of hydrazone groups is 1. The summed E-state index contributed by atoms with van der Waals surface area (Å²) in [6.07, 6.45) is 1.59. The fraction of sp³-hybridized carbons (Fsp3) is 0.130. The van der Waals surface area contributed by atoms with Gasteiger partial charge >= 0.3 is 0 Å². The van der Waals surface area contributed by atoms with E-state index in [1.54, 1.807) is 30.5 Å². The van der Waals surface area contributed by atoms with Gasteiger partial charge in [-0.15, -0.1) is 0 Å². The Bertz CT molecular complexity index is 953. The Hall–Kier alpha value is -3.12. The minimum atomic E-state index is -0.286. The molecule has 6 heteroatoms. The predicted molar refractivity (Wildman–Crippen MR) is 118 cm³/mol. The van der Waals surface area contributed by atoms with Gasteiger partial charge in [-0.1, -0.05) is 28.1 Å². The Labute approximate surface area is 178 Å². The summed E-state index contributed by atoms with van der Waals surface area (Å²) in [7, 11) is 0. The molecule has 0 saturated carbocycles. The lowest BCUT2D eigenvalue weighted by molar-refractivity contribution is 0.0955. The molecule has 1 amide bonds. The maximum Gasteiger partial charge on any atom is 0.271 e. The predicted octanol–water partition coefficient (Wildman–Crippen LogP) is 5.19. The number of carbonyl (C=O) groups excluding carboxylic acids is 1. The molecule has 29 heavy (non-hydrogen) atoms. The van der Waals surface area contributed by atoms with E-state index >= 15 is 0 Å². The average Bonchev–Trinajstić information content (AvgIpc) is 2.75. The van der Waals surface area contributed by atoms with E-state index in [4.69, 9.17) is 9.47 Å². The molecule has 1 N–H and O–H groups in total. The van der Waals surface area contributed by atoms with Crippen molar-refractivity contribution >= 4 is 28.1 Å². The van der Waals surface area contributed by atoms with Gasteiger partial charge in [0.2, 0.25) is 0 Å². The summed E-state index contributed by atoms with van der Waals surface area (Å²) in [6.45, 7) is 3.02. The summed E-state index contributed by atoms with van der Waals surface area (Å²) in [6, 6.07) is 22.4. The molecule has 0 aromatic heterocycles. The molecule has 0 spiro atoms. The van der Waals surface area contributed by atoms with Gasteiger partial charge < -0.3 is 9.47 Å². The first kappa shape index (κ1) is 20.6. The van der Waals surface area contributed by atoms with Crippen molar-refractivity contribution in [1.82, 2.24) is 5.43 Å². The number of carbonyl (C=O) groups is 1. The lowest BCUT2D eigenvalue weighted by Crippen LogP contribution is -2.17. The first-order valence-electron chi connectivity index (χ1n) is 9.17. The summed E-state index contributed by atoms with van der Waals surface area (Å²) in [5.74, 6) is 1.21. The van der Waals surface area contributed by atoms with Crippen molar-refractivity contribution in [3.05, 3.63) is 94.0 Å². The molecule has 0 heterocycles. The monoisotopic (exact) mass is 452 g/mol. The van der Waals surface area contributed by atoms with Crippen molar-refractivity contribution in [3.8, 4) is 11.5 Å². The van der Waals surface area contributed by atoms with Crippen LogP contribution in [0, 0.1) is 0 Å². The zero-order chi connectivity index (χ0) is 20.5. The first-order valence-corrected chi connectivity index (χ1v) is 9.97. The zero-order valence-corrected chi connectivity index (χ0v) is 17.6. The highest BCUT2D eigenvalue weighted by Gasteiger charge is 2.05. The van der Waals surface area contributed by atoms with Gasteiger partial charge in [-0.25, -0.2) is 5.43 Å². The molecular formula is C23H21BrN2O3. The van der Waals surface area contributed by atoms with Crippen molar-refractivity contribution in [3.63, 3.8) is 0 Å². The number of halogens is 1. The largest absolute Gasteiger partial charge is 0.494 e. The fourth-order valence-electron chi connectivity index (χ4n) is 2.50. The number of rotatable bonds is 8. The lowest BCUT2D eigenvalue weighted by atomic mass is 10.2. The van der Waals surface area contributed by atoms with E-state index in [0.29, 0.717) is 24.5 Å². The van der Waals surface area contributed by atoms with Crippen LogP contribution in [0.1, 0.15) is 28.4 Å². The van der Waals surface area contributed by atoms with Crippen LogP contribution in [0.3, 0.4) is 0 Å². The summed E-state index contributed by atoms with van der Waals surface area (Å²) in [5, 5.41) is 4.00. The van der Waals surface area contributed by atoms with E-state index in [9.17, 15) is 4.79 Å². The molecule has 0 aliphatic carbocycles. The maximum atomic E-state index is 12.2. The van der Waals surface area contributed by atoms with Crippen LogP contribution in [0.4, 0.5) is 0 Å².